The topological polar surface area (TPSA) is 18.5 Å². The van der Waals surface area contributed by atoms with Crippen molar-refractivity contribution >= 4 is 9.28 Å². The summed E-state index contributed by atoms with van der Waals surface area (Å²) in [6, 6.07) is 0. The van der Waals surface area contributed by atoms with Crippen LogP contribution in [0, 0.1) is 23.2 Å². The van der Waals surface area contributed by atoms with Gasteiger partial charge in [-0.25, -0.2) is 0 Å². The first-order chi connectivity index (χ1) is 8.16. The van der Waals surface area contributed by atoms with Crippen LogP contribution in [-0.2, 0) is 8.85 Å². The highest BCUT2D eigenvalue weighted by Gasteiger charge is 2.55. The second-order valence-corrected chi connectivity index (χ2v) is 9.59. The third-order valence-electron chi connectivity index (χ3n) is 5.92. The van der Waals surface area contributed by atoms with Gasteiger partial charge in [0.2, 0.25) is 0 Å². The van der Waals surface area contributed by atoms with Gasteiger partial charge in [-0.15, -0.1) is 0 Å². The van der Waals surface area contributed by atoms with Gasteiger partial charge in [-0.2, -0.15) is 0 Å². The maximum atomic E-state index is 5.67. The lowest BCUT2D eigenvalue weighted by Gasteiger charge is -2.59. The third-order valence-corrected chi connectivity index (χ3v) is 8.38. The first-order valence-corrected chi connectivity index (χ1v) is 8.83. The van der Waals surface area contributed by atoms with E-state index in [2.05, 4.69) is 6.92 Å². The van der Waals surface area contributed by atoms with E-state index in [1.54, 1.807) is 0 Å². The Morgan fingerprint density at radius 3 is 1.71 bits per heavy atom. The van der Waals surface area contributed by atoms with Crippen LogP contribution in [-0.4, -0.2) is 23.5 Å². The summed E-state index contributed by atoms with van der Waals surface area (Å²) in [4.78, 5) is 0. The van der Waals surface area contributed by atoms with Gasteiger partial charge < -0.3 is 8.85 Å². The van der Waals surface area contributed by atoms with E-state index in [1.165, 1.54) is 38.5 Å². The van der Waals surface area contributed by atoms with Crippen LogP contribution in [0.5, 0.6) is 0 Å². The molecule has 0 aliphatic heterocycles. The molecule has 0 N–H and O–H groups in total. The summed E-state index contributed by atoms with van der Waals surface area (Å²) in [5.41, 5.74) is 1.28. The Balaban J connectivity index is 1.81. The highest BCUT2D eigenvalue weighted by atomic mass is 28.3. The van der Waals surface area contributed by atoms with E-state index >= 15 is 0 Å². The second-order valence-electron chi connectivity index (χ2n) is 6.91. The van der Waals surface area contributed by atoms with Gasteiger partial charge in [0.05, 0.1) is 0 Å². The summed E-state index contributed by atoms with van der Waals surface area (Å²) in [7, 11) is 2.24. The Morgan fingerprint density at radius 2 is 1.35 bits per heavy atom. The largest absolute Gasteiger partial charge is 0.400 e. The minimum Gasteiger partial charge on any atom is -0.400 e. The van der Waals surface area contributed by atoms with Crippen molar-refractivity contribution in [3.05, 3.63) is 0 Å². The normalized spacial score (nSPS) is 45.5. The van der Waals surface area contributed by atoms with Crippen LogP contribution in [0.1, 0.15) is 45.4 Å². The fourth-order valence-corrected chi connectivity index (χ4v) is 7.52. The summed E-state index contributed by atoms with van der Waals surface area (Å²) in [5.74, 6) is 3.10. The maximum absolute atomic E-state index is 5.67. The van der Waals surface area contributed by atoms with Gasteiger partial charge in [0.1, 0.15) is 0 Å². The molecule has 3 heteroatoms. The minimum absolute atomic E-state index is 0.595. The highest BCUT2D eigenvalue weighted by molar-refractivity contribution is 6.46. The molecule has 17 heavy (non-hydrogen) atoms. The molecule has 4 fully saturated rings. The van der Waals surface area contributed by atoms with Gasteiger partial charge in [0, 0.05) is 19.8 Å². The van der Waals surface area contributed by atoms with E-state index in [4.69, 9.17) is 8.85 Å². The Labute approximate surface area is 107 Å². The van der Waals surface area contributed by atoms with Crippen molar-refractivity contribution in [2.75, 3.05) is 14.2 Å². The monoisotopic (exact) mass is 254 g/mol. The quantitative estimate of drug-likeness (QED) is 0.718. The van der Waals surface area contributed by atoms with Gasteiger partial charge in [0.25, 0.3) is 0 Å². The van der Waals surface area contributed by atoms with Crippen molar-refractivity contribution in [1.29, 1.82) is 0 Å². The van der Waals surface area contributed by atoms with E-state index < -0.39 is 9.28 Å². The molecule has 1 atom stereocenters. The zero-order valence-electron chi connectivity index (χ0n) is 11.4. The molecule has 4 aliphatic rings. The van der Waals surface area contributed by atoms with Gasteiger partial charge in [0.15, 0.2) is 0 Å². The Bertz CT molecular complexity index is 253. The smallest absolute Gasteiger partial charge is 0.324 e. The molecule has 2 nitrogen and oxygen atoms in total. The molecule has 0 aromatic rings. The van der Waals surface area contributed by atoms with Gasteiger partial charge in [-0.05, 0) is 61.7 Å². The zero-order valence-corrected chi connectivity index (χ0v) is 12.6. The molecular formula is C14H26O2Si. The highest BCUT2D eigenvalue weighted by Crippen LogP contribution is 2.64. The van der Waals surface area contributed by atoms with Crippen LogP contribution in [0.25, 0.3) is 0 Å². The second kappa shape index (κ2) is 4.36. The van der Waals surface area contributed by atoms with E-state index in [-0.39, 0.29) is 0 Å². The lowest BCUT2D eigenvalue weighted by molar-refractivity contribution is -0.0594. The van der Waals surface area contributed by atoms with Crippen molar-refractivity contribution in [3.63, 3.8) is 0 Å². The molecule has 4 aliphatic carbocycles. The predicted molar refractivity (Wildman–Crippen MR) is 71.2 cm³/mol. The fraction of sp³-hybridized carbons (Fsp3) is 1.00. The van der Waals surface area contributed by atoms with Crippen molar-refractivity contribution in [1.82, 2.24) is 0 Å². The van der Waals surface area contributed by atoms with Crippen LogP contribution in [0.2, 0.25) is 5.54 Å². The van der Waals surface area contributed by atoms with Gasteiger partial charge >= 0.3 is 9.28 Å². The molecule has 4 bridgehead atoms. The molecule has 0 spiro atoms. The summed E-state index contributed by atoms with van der Waals surface area (Å²) >= 11 is 0. The third kappa shape index (κ3) is 1.91. The molecule has 0 saturated heterocycles. The van der Waals surface area contributed by atoms with Crippen LogP contribution in [0.15, 0.2) is 0 Å². The summed E-state index contributed by atoms with van der Waals surface area (Å²) < 4.78 is 11.3. The van der Waals surface area contributed by atoms with Gasteiger partial charge in [-0.1, -0.05) is 6.92 Å². The van der Waals surface area contributed by atoms with E-state index in [0.29, 0.717) is 11.0 Å². The van der Waals surface area contributed by atoms with Crippen LogP contribution >= 0.6 is 0 Å². The van der Waals surface area contributed by atoms with Crippen LogP contribution < -0.4 is 0 Å². The van der Waals surface area contributed by atoms with E-state index in [9.17, 15) is 0 Å². The maximum Gasteiger partial charge on any atom is 0.324 e. The summed E-state index contributed by atoms with van der Waals surface area (Å²) in [6.45, 7) is 2.41. The van der Waals surface area contributed by atoms with Gasteiger partial charge in [-0.3, -0.25) is 0 Å². The Morgan fingerprint density at radius 1 is 0.941 bits per heavy atom. The number of hydrogen-bond acceptors (Lipinski definition) is 2. The molecule has 4 saturated carbocycles. The first-order valence-electron chi connectivity index (χ1n) is 7.22. The molecule has 4 rings (SSSR count). The van der Waals surface area contributed by atoms with Crippen LogP contribution in [0.4, 0.5) is 0 Å². The first kappa shape index (κ1) is 12.2. The SMILES string of the molecule is CO[SiH](OC)C(C)C12CC3CC(CC(C3)C1)C2. The van der Waals surface area contributed by atoms with Crippen molar-refractivity contribution in [2.24, 2.45) is 23.2 Å². The number of rotatable bonds is 4. The number of hydrogen-bond donors (Lipinski definition) is 0. The van der Waals surface area contributed by atoms with Crippen molar-refractivity contribution in [2.45, 2.75) is 51.0 Å². The van der Waals surface area contributed by atoms with Crippen LogP contribution in [0.3, 0.4) is 0 Å². The minimum atomic E-state index is -1.44. The fourth-order valence-electron chi connectivity index (χ4n) is 5.53. The lowest BCUT2D eigenvalue weighted by Crippen LogP contribution is -2.50. The van der Waals surface area contributed by atoms with Crippen molar-refractivity contribution < 1.29 is 8.85 Å². The molecule has 0 aromatic carbocycles. The standard InChI is InChI=1S/C14H26O2Si/c1-10(17(15-2)16-3)14-7-11-4-12(8-14)6-13(5-11)9-14/h10-13,17H,4-9H2,1-3H3. The van der Waals surface area contributed by atoms with E-state index in [0.717, 1.165) is 17.8 Å². The molecule has 0 heterocycles. The summed E-state index contributed by atoms with van der Waals surface area (Å²) in [6.07, 6.45) is 8.98. The van der Waals surface area contributed by atoms with Crippen molar-refractivity contribution in [3.8, 4) is 0 Å². The summed E-state index contributed by atoms with van der Waals surface area (Å²) in [5, 5.41) is 0. The lowest BCUT2D eigenvalue weighted by atomic mass is 9.49. The molecule has 98 valence electrons. The molecule has 0 aromatic heterocycles. The Hall–Kier alpha value is 0.137. The Kier molecular flexibility index (Phi) is 3.12. The molecule has 0 radical (unpaired) electrons. The predicted octanol–water partition coefficient (Wildman–Crippen LogP) is 3.11. The average molecular weight is 254 g/mol. The molecule has 1 unspecified atom stereocenters. The average Bonchev–Trinajstić information content (AvgIpc) is 2.28. The van der Waals surface area contributed by atoms with E-state index in [1.807, 2.05) is 14.2 Å². The molecule has 0 amide bonds. The molecular weight excluding hydrogens is 228 g/mol. The zero-order chi connectivity index (χ0) is 12.0.